The summed E-state index contributed by atoms with van der Waals surface area (Å²) in [5, 5.41) is 20.1. The van der Waals surface area contributed by atoms with Gasteiger partial charge < -0.3 is 10.2 Å². The van der Waals surface area contributed by atoms with E-state index in [-0.39, 0.29) is 17.8 Å². The van der Waals surface area contributed by atoms with Crippen molar-refractivity contribution in [3.8, 4) is 5.75 Å². The van der Waals surface area contributed by atoms with Crippen LogP contribution in [0.25, 0.3) is 0 Å². The predicted octanol–water partition coefficient (Wildman–Crippen LogP) is 3.29. The van der Waals surface area contributed by atoms with Crippen LogP contribution in [-0.4, -0.2) is 34.8 Å². The van der Waals surface area contributed by atoms with Crippen LogP contribution >= 0.6 is 23.2 Å². The predicted molar refractivity (Wildman–Crippen MR) is 77.8 cm³/mol. The van der Waals surface area contributed by atoms with Crippen molar-refractivity contribution in [2.45, 2.75) is 26.3 Å². The summed E-state index contributed by atoms with van der Waals surface area (Å²) in [6.07, 6.45) is 1.93. The highest BCUT2D eigenvalue weighted by atomic mass is 35.5. The Morgan fingerprint density at radius 3 is 2.37 bits per heavy atom. The van der Waals surface area contributed by atoms with Crippen molar-refractivity contribution < 1.29 is 10.2 Å². The van der Waals surface area contributed by atoms with Gasteiger partial charge >= 0.3 is 0 Å². The minimum absolute atomic E-state index is 0.0379. The molecule has 0 saturated carbocycles. The Kier molecular flexibility index (Phi) is 4.62. The first-order chi connectivity index (χ1) is 8.93. The maximum Gasteiger partial charge on any atom is 0.121 e. The average molecular weight is 304 g/mol. The summed E-state index contributed by atoms with van der Waals surface area (Å²) in [5.41, 5.74) is 0.831. The third-order valence-corrected chi connectivity index (χ3v) is 4.68. The second-order valence-electron chi connectivity index (χ2n) is 5.64. The van der Waals surface area contributed by atoms with E-state index in [9.17, 15) is 10.2 Å². The van der Waals surface area contributed by atoms with Gasteiger partial charge in [0.15, 0.2) is 0 Å². The second kappa shape index (κ2) is 5.88. The van der Waals surface area contributed by atoms with E-state index in [2.05, 4.69) is 11.8 Å². The molecule has 2 N–H and O–H groups in total. The molecule has 3 nitrogen and oxygen atoms in total. The van der Waals surface area contributed by atoms with Crippen LogP contribution in [-0.2, 0) is 6.54 Å². The number of aliphatic hydroxyl groups excluding tert-OH is 1. The molecule has 0 atom stereocenters. The van der Waals surface area contributed by atoms with Gasteiger partial charge in [-0.2, -0.15) is 0 Å². The molecule has 1 aromatic rings. The number of hydrogen-bond acceptors (Lipinski definition) is 3. The monoisotopic (exact) mass is 303 g/mol. The summed E-state index contributed by atoms with van der Waals surface area (Å²) >= 11 is 11.8. The van der Waals surface area contributed by atoms with Gasteiger partial charge in [0.2, 0.25) is 0 Å². The lowest BCUT2D eigenvalue weighted by Gasteiger charge is -2.38. The quantitative estimate of drug-likeness (QED) is 0.900. The molecule has 5 heteroatoms. The molecule has 1 aromatic carbocycles. The van der Waals surface area contributed by atoms with Crippen molar-refractivity contribution in [1.82, 2.24) is 4.90 Å². The van der Waals surface area contributed by atoms with Gasteiger partial charge in [0, 0.05) is 24.8 Å². The first-order valence-corrected chi connectivity index (χ1v) is 7.19. The minimum Gasteiger partial charge on any atom is -0.508 e. The molecule has 1 aliphatic heterocycles. The summed E-state index contributed by atoms with van der Waals surface area (Å²) in [6.45, 7) is 4.83. The van der Waals surface area contributed by atoms with Crippen molar-refractivity contribution in [3.63, 3.8) is 0 Å². The number of phenols is 1. The normalized spacial score (nSPS) is 19.6. The van der Waals surface area contributed by atoms with Gasteiger partial charge in [-0.25, -0.2) is 0 Å². The molecular weight excluding hydrogens is 285 g/mol. The van der Waals surface area contributed by atoms with Crippen molar-refractivity contribution in [1.29, 1.82) is 0 Å². The Morgan fingerprint density at radius 2 is 1.79 bits per heavy atom. The fourth-order valence-electron chi connectivity index (χ4n) is 2.35. The van der Waals surface area contributed by atoms with Crippen molar-refractivity contribution >= 4 is 23.2 Å². The van der Waals surface area contributed by atoms with E-state index in [0.29, 0.717) is 16.6 Å². The number of rotatable bonds is 3. The molecule has 1 fully saturated rings. The molecule has 2 rings (SSSR count). The topological polar surface area (TPSA) is 43.7 Å². The van der Waals surface area contributed by atoms with Crippen LogP contribution in [0, 0.1) is 5.41 Å². The second-order valence-corrected chi connectivity index (χ2v) is 6.45. The SMILES string of the molecule is CC1(CO)CCN(Cc2cc(Cl)c(Cl)cc2O)CC1. The zero-order chi connectivity index (χ0) is 14.0. The lowest BCUT2D eigenvalue weighted by molar-refractivity contribution is 0.0554. The Labute approximate surface area is 123 Å². The highest BCUT2D eigenvalue weighted by Gasteiger charge is 2.29. The van der Waals surface area contributed by atoms with Crippen LogP contribution < -0.4 is 0 Å². The van der Waals surface area contributed by atoms with Crippen LogP contribution in [0.1, 0.15) is 25.3 Å². The molecular formula is C14H19Cl2NO2. The van der Waals surface area contributed by atoms with Gasteiger partial charge in [0.25, 0.3) is 0 Å². The zero-order valence-corrected chi connectivity index (χ0v) is 12.5. The number of benzene rings is 1. The maximum absolute atomic E-state index is 9.89. The first-order valence-electron chi connectivity index (χ1n) is 6.44. The standard InChI is InChI=1S/C14H19Cl2NO2/c1-14(9-18)2-4-17(5-3-14)8-10-6-11(15)12(16)7-13(10)19/h6-7,18-19H,2-5,8-9H2,1H3. The van der Waals surface area contributed by atoms with E-state index in [0.717, 1.165) is 31.5 Å². The smallest absolute Gasteiger partial charge is 0.121 e. The lowest BCUT2D eigenvalue weighted by atomic mass is 9.81. The van der Waals surface area contributed by atoms with Crippen LogP contribution in [0.2, 0.25) is 10.0 Å². The molecule has 1 aliphatic rings. The molecule has 0 spiro atoms. The number of phenolic OH excluding ortho intramolecular Hbond substituents is 1. The van der Waals surface area contributed by atoms with E-state index >= 15 is 0 Å². The van der Waals surface area contributed by atoms with Gasteiger partial charge in [-0.1, -0.05) is 30.1 Å². The fourth-order valence-corrected chi connectivity index (χ4v) is 2.70. The Morgan fingerprint density at radius 1 is 1.21 bits per heavy atom. The van der Waals surface area contributed by atoms with Crippen molar-refractivity contribution in [3.05, 3.63) is 27.7 Å². The summed E-state index contributed by atoms with van der Waals surface area (Å²) in [5.74, 6) is 0.185. The number of halogens is 2. The number of nitrogens with zero attached hydrogens (tertiary/aromatic N) is 1. The number of aliphatic hydroxyl groups is 1. The van der Waals surface area contributed by atoms with E-state index in [1.165, 1.54) is 6.07 Å². The van der Waals surface area contributed by atoms with Crippen LogP contribution in [0.4, 0.5) is 0 Å². The van der Waals surface area contributed by atoms with E-state index < -0.39 is 0 Å². The Balaban J connectivity index is 2.02. The number of aromatic hydroxyl groups is 1. The van der Waals surface area contributed by atoms with Gasteiger partial charge in [-0.3, -0.25) is 4.90 Å². The third-order valence-electron chi connectivity index (χ3n) is 3.96. The molecule has 0 radical (unpaired) electrons. The Hall–Kier alpha value is -0.480. The van der Waals surface area contributed by atoms with Gasteiger partial charge in [-0.05, 0) is 37.4 Å². The van der Waals surface area contributed by atoms with Crippen molar-refractivity contribution in [2.24, 2.45) is 5.41 Å². The third kappa shape index (κ3) is 3.54. The molecule has 19 heavy (non-hydrogen) atoms. The van der Waals surface area contributed by atoms with E-state index in [4.69, 9.17) is 23.2 Å². The van der Waals surface area contributed by atoms with E-state index in [1.807, 2.05) is 0 Å². The van der Waals surface area contributed by atoms with Crippen LogP contribution in [0.5, 0.6) is 5.75 Å². The summed E-state index contributed by atoms with van der Waals surface area (Å²) in [4.78, 5) is 2.26. The molecule has 0 bridgehead atoms. The Bertz CT molecular complexity index is 457. The largest absolute Gasteiger partial charge is 0.508 e. The van der Waals surface area contributed by atoms with Crippen molar-refractivity contribution in [2.75, 3.05) is 19.7 Å². The minimum atomic E-state index is 0.0379. The summed E-state index contributed by atoms with van der Waals surface area (Å²) in [7, 11) is 0. The molecule has 1 heterocycles. The molecule has 0 amide bonds. The molecule has 0 aromatic heterocycles. The van der Waals surface area contributed by atoms with Gasteiger partial charge in [0.1, 0.15) is 5.75 Å². The molecule has 0 aliphatic carbocycles. The molecule has 0 unspecified atom stereocenters. The van der Waals surface area contributed by atoms with E-state index in [1.54, 1.807) is 6.07 Å². The highest BCUT2D eigenvalue weighted by Crippen LogP contribution is 2.33. The van der Waals surface area contributed by atoms with Gasteiger partial charge in [-0.15, -0.1) is 0 Å². The molecule has 106 valence electrons. The number of likely N-dealkylation sites (tertiary alicyclic amines) is 1. The lowest BCUT2D eigenvalue weighted by Crippen LogP contribution is -2.39. The number of hydrogen-bond donors (Lipinski definition) is 2. The fraction of sp³-hybridized carbons (Fsp3) is 0.571. The van der Waals surface area contributed by atoms with Crippen LogP contribution in [0.3, 0.4) is 0 Å². The summed E-state index contributed by atoms with van der Waals surface area (Å²) in [6, 6.07) is 3.21. The maximum atomic E-state index is 9.89. The zero-order valence-electron chi connectivity index (χ0n) is 11.0. The summed E-state index contributed by atoms with van der Waals surface area (Å²) < 4.78 is 0. The van der Waals surface area contributed by atoms with Gasteiger partial charge in [0.05, 0.1) is 10.0 Å². The number of piperidine rings is 1. The first kappa shape index (κ1) is 14.9. The average Bonchev–Trinajstić information content (AvgIpc) is 2.39. The molecule has 1 saturated heterocycles. The highest BCUT2D eigenvalue weighted by molar-refractivity contribution is 6.42. The van der Waals surface area contributed by atoms with Crippen LogP contribution in [0.15, 0.2) is 12.1 Å².